The summed E-state index contributed by atoms with van der Waals surface area (Å²) in [5.41, 5.74) is 0.423. The van der Waals surface area contributed by atoms with Crippen molar-refractivity contribution < 1.29 is 4.79 Å². The summed E-state index contributed by atoms with van der Waals surface area (Å²) in [5.74, 6) is 1.54. The first kappa shape index (κ1) is 14.8. The third-order valence-electron chi connectivity index (χ3n) is 4.52. The zero-order valence-electron chi connectivity index (χ0n) is 12.9. The molecule has 2 rings (SSSR count). The molecule has 0 atom stereocenters. The van der Waals surface area contributed by atoms with Crippen LogP contribution in [0.1, 0.15) is 52.9 Å². The molecule has 0 aromatic heterocycles. The minimum Gasteiger partial charge on any atom is -0.342 e. The van der Waals surface area contributed by atoms with Gasteiger partial charge in [-0.3, -0.25) is 4.79 Å². The zero-order chi connectivity index (χ0) is 13.9. The lowest BCUT2D eigenvalue weighted by Crippen LogP contribution is -2.44. The second-order valence-corrected chi connectivity index (χ2v) is 7.56. The fourth-order valence-electron chi connectivity index (χ4n) is 3.55. The molecule has 2 aliphatic rings. The van der Waals surface area contributed by atoms with E-state index in [1.54, 1.807) is 0 Å². The van der Waals surface area contributed by atoms with Gasteiger partial charge in [0.1, 0.15) is 0 Å². The molecule has 0 bridgehead atoms. The molecule has 0 spiro atoms. The topological polar surface area (TPSA) is 32.3 Å². The molecule has 0 aromatic rings. The molecule has 0 radical (unpaired) electrons. The molecule has 2 aliphatic heterocycles. The van der Waals surface area contributed by atoms with Crippen LogP contribution in [0.2, 0.25) is 0 Å². The smallest absolute Gasteiger partial charge is 0.225 e. The van der Waals surface area contributed by atoms with Gasteiger partial charge < -0.3 is 10.2 Å². The predicted molar refractivity (Wildman–Crippen MR) is 79.0 cm³/mol. The van der Waals surface area contributed by atoms with Crippen LogP contribution in [0.4, 0.5) is 0 Å². The highest BCUT2D eigenvalue weighted by atomic mass is 16.2. The Morgan fingerprint density at radius 2 is 1.68 bits per heavy atom. The van der Waals surface area contributed by atoms with Gasteiger partial charge in [0.15, 0.2) is 0 Å². The predicted octanol–water partition coefficient (Wildman–Crippen LogP) is 2.66. The number of rotatable bonds is 2. The summed E-state index contributed by atoms with van der Waals surface area (Å²) in [4.78, 5) is 14.6. The fraction of sp³-hybridized carbons (Fsp3) is 0.938. The zero-order valence-corrected chi connectivity index (χ0v) is 12.9. The molecule has 2 heterocycles. The van der Waals surface area contributed by atoms with Gasteiger partial charge >= 0.3 is 0 Å². The number of hydrogen-bond donors (Lipinski definition) is 1. The summed E-state index contributed by atoms with van der Waals surface area (Å²) >= 11 is 0. The van der Waals surface area contributed by atoms with Crippen molar-refractivity contribution in [3.63, 3.8) is 0 Å². The van der Waals surface area contributed by atoms with Gasteiger partial charge in [0.25, 0.3) is 0 Å². The number of nitrogens with zero attached hydrogens (tertiary/aromatic N) is 1. The lowest BCUT2D eigenvalue weighted by atomic mass is 9.80. The maximum Gasteiger partial charge on any atom is 0.225 e. The van der Waals surface area contributed by atoms with Crippen molar-refractivity contribution in [2.24, 2.45) is 17.3 Å². The summed E-state index contributed by atoms with van der Waals surface area (Å²) < 4.78 is 0. The van der Waals surface area contributed by atoms with Crippen molar-refractivity contribution in [1.82, 2.24) is 10.2 Å². The van der Waals surface area contributed by atoms with Crippen LogP contribution in [-0.2, 0) is 4.79 Å². The molecule has 19 heavy (non-hydrogen) atoms. The largest absolute Gasteiger partial charge is 0.342 e. The minimum atomic E-state index is 0.292. The molecule has 1 amide bonds. The van der Waals surface area contributed by atoms with E-state index in [-0.39, 0.29) is 0 Å². The van der Waals surface area contributed by atoms with Crippen LogP contribution >= 0.6 is 0 Å². The normalized spacial score (nSPS) is 23.6. The Labute approximate surface area is 118 Å². The third-order valence-corrected chi connectivity index (χ3v) is 4.52. The van der Waals surface area contributed by atoms with E-state index in [9.17, 15) is 4.79 Å². The van der Waals surface area contributed by atoms with Gasteiger partial charge in [-0.2, -0.15) is 0 Å². The highest BCUT2D eigenvalue weighted by Gasteiger charge is 2.30. The molecule has 0 unspecified atom stereocenters. The van der Waals surface area contributed by atoms with E-state index in [4.69, 9.17) is 0 Å². The second kappa shape index (κ2) is 6.25. The summed E-state index contributed by atoms with van der Waals surface area (Å²) in [5, 5.41) is 3.33. The number of likely N-dealkylation sites (tertiary alicyclic amines) is 1. The molecule has 1 N–H and O–H groups in total. The van der Waals surface area contributed by atoms with Crippen LogP contribution < -0.4 is 5.32 Å². The van der Waals surface area contributed by atoms with Crippen molar-refractivity contribution >= 4 is 5.91 Å². The van der Waals surface area contributed by atoms with Gasteiger partial charge in [0, 0.05) is 19.0 Å². The van der Waals surface area contributed by atoms with Crippen LogP contribution in [0.5, 0.6) is 0 Å². The Morgan fingerprint density at radius 1 is 1.11 bits per heavy atom. The first-order valence-electron chi connectivity index (χ1n) is 7.95. The van der Waals surface area contributed by atoms with Crippen LogP contribution in [0, 0.1) is 17.3 Å². The Bertz CT molecular complexity index is 294. The summed E-state index contributed by atoms with van der Waals surface area (Å²) in [6.07, 6.45) is 5.76. The molecular formula is C16H30N2O. The quantitative estimate of drug-likeness (QED) is 0.833. The Kier molecular flexibility index (Phi) is 4.88. The standard InChI is InChI=1S/C16H30N2O/c1-16(2,3)12-13-6-10-18(11-7-13)15(19)14-4-8-17-9-5-14/h13-14,17H,4-12H2,1-3H3. The van der Waals surface area contributed by atoms with Gasteiger partial charge in [-0.25, -0.2) is 0 Å². The number of nitrogens with one attached hydrogen (secondary N) is 1. The van der Waals surface area contributed by atoms with Gasteiger partial charge in [0.05, 0.1) is 0 Å². The van der Waals surface area contributed by atoms with Crippen molar-refractivity contribution in [2.45, 2.75) is 52.9 Å². The highest BCUT2D eigenvalue weighted by Crippen LogP contribution is 2.31. The second-order valence-electron chi connectivity index (χ2n) is 7.56. The lowest BCUT2D eigenvalue weighted by Gasteiger charge is -2.37. The van der Waals surface area contributed by atoms with E-state index in [1.807, 2.05) is 0 Å². The number of hydrogen-bond acceptors (Lipinski definition) is 2. The van der Waals surface area contributed by atoms with E-state index in [1.165, 1.54) is 19.3 Å². The van der Waals surface area contributed by atoms with E-state index in [2.05, 4.69) is 31.0 Å². The number of carbonyl (C=O) groups excluding carboxylic acids is 1. The van der Waals surface area contributed by atoms with Crippen molar-refractivity contribution in [3.8, 4) is 0 Å². The summed E-state index contributed by atoms with van der Waals surface area (Å²) in [6, 6.07) is 0. The molecule has 3 heteroatoms. The minimum absolute atomic E-state index is 0.292. The monoisotopic (exact) mass is 266 g/mol. The van der Waals surface area contributed by atoms with Gasteiger partial charge in [-0.15, -0.1) is 0 Å². The Hall–Kier alpha value is -0.570. The molecule has 0 aliphatic carbocycles. The van der Waals surface area contributed by atoms with Gasteiger partial charge in [-0.1, -0.05) is 20.8 Å². The maximum absolute atomic E-state index is 12.4. The third kappa shape index (κ3) is 4.48. The first-order valence-corrected chi connectivity index (χ1v) is 7.95. The SMILES string of the molecule is CC(C)(C)CC1CCN(C(=O)C2CCNCC2)CC1. The highest BCUT2D eigenvalue weighted by molar-refractivity contribution is 5.79. The van der Waals surface area contributed by atoms with Crippen molar-refractivity contribution in [1.29, 1.82) is 0 Å². The lowest BCUT2D eigenvalue weighted by molar-refractivity contribution is -0.137. The number of amides is 1. The van der Waals surface area contributed by atoms with Crippen LogP contribution in [-0.4, -0.2) is 37.0 Å². The van der Waals surface area contributed by atoms with Crippen molar-refractivity contribution in [2.75, 3.05) is 26.2 Å². The molecule has 0 aromatic carbocycles. The Morgan fingerprint density at radius 3 is 2.21 bits per heavy atom. The molecular weight excluding hydrogens is 236 g/mol. The molecule has 2 fully saturated rings. The van der Waals surface area contributed by atoms with E-state index in [0.717, 1.165) is 44.9 Å². The van der Waals surface area contributed by atoms with E-state index >= 15 is 0 Å². The van der Waals surface area contributed by atoms with E-state index < -0.39 is 0 Å². The molecule has 0 saturated carbocycles. The molecule has 3 nitrogen and oxygen atoms in total. The van der Waals surface area contributed by atoms with Crippen LogP contribution in [0.3, 0.4) is 0 Å². The summed E-state index contributed by atoms with van der Waals surface area (Å²) in [7, 11) is 0. The summed E-state index contributed by atoms with van der Waals surface area (Å²) in [6.45, 7) is 11.0. The van der Waals surface area contributed by atoms with Crippen molar-refractivity contribution in [3.05, 3.63) is 0 Å². The van der Waals surface area contributed by atoms with Gasteiger partial charge in [-0.05, 0) is 56.5 Å². The molecule has 110 valence electrons. The molecule has 2 saturated heterocycles. The fourth-order valence-corrected chi connectivity index (χ4v) is 3.55. The number of carbonyl (C=O) groups is 1. The van der Waals surface area contributed by atoms with E-state index in [0.29, 0.717) is 17.2 Å². The van der Waals surface area contributed by atoms with Gasteiger partial charge in [0.2, 0.25) is 5.91 Å². The Balaban J connectivity index is 1.77. The van der Waals surface area contributed by atoms with Crippen LogP contribution in [0.15, 0.2) is 0 Å². The number of piperidine rings is 2. The average Bonchev–Trinajstić information content (AvgIpc) is 2.38. The maximum atomic E-state index is 12.4. The first-order chi connectivity index (χ1) is 8.96. The average molecular weight is 266 g/mol. The van der Waals surface area contributed by atoms with Crippen LogP contribution in [0.25, 0.3) is 0 Å².